The molecule has 0 aromatic heterocycles. The average molecular weight is 315 g/mol. The quantitative estimate of drug-likeness (QED) is 0.909. The smallest absolute Gasteiger partial charge is 0.252 e. The summed E-state index contributed by atoms with van der Waals surface area (Å²) in [5.74, 6) is -0.620. The second-order valence-electron chi connectivity index (χ2n) is 4.70. The van der Waals surface area contributed by atoms with E-state index in [9.17, 15) is 9.18 Å². The lowest BCUT2D eigenvalue weighted by molar-refractivity contribution is 0.0911. The Morgan fingerprint density at radius 3 is 3.06 bits per heavy atom. The Bertz CT molecular complexity index is 453. The van der Waals surface area contributed by atoms with Crippen molar-refractivity contribution in [2.45, 2.75) is 18.9 Å². The lowest BCUT2D eigenvalue weighted by Crippen LogP contribution is -2.46. The third-order valence-electron chi connectivity index (χ3n) is 3.13. The van der Waals surface area contributed by atoms with Crippen LogP contribution in [0.1, 0.15) is 23.2 Å². The number of nitrogens with zero attached hydrogens (tertiary/aromatic N) is 1. The molecule has 18 heavy (non-hydrogen) atoms. The van der Waals surface area contributed by atoms with Gasteiger partial charge in [0.25, 0.3) is 5.91 Å². The second kappa shape index (κ2) is 5.80. The Morgan fingerprint density at radius 2 is 2.33 bits per heavy atom. The van der Waals surface area contributed by atoms with E-state index in [4.69, 9.17) is 0 Å². The zero-order valence-corrected chi connectivity index (χ0v) is 11.8. The van der Waals surface area contributed by atoms with Crippen LogP contribution in [-0.2, 0) is 0 Å². The molecule has 1 N–H and O–H groups in total. The van der Waals surface area contributed by atoms with Gasteiger partial charge in [-0.15, -0.1) is 0 Å². The molecule has 2 rings (SSSR count). The van der Waals surface area contributed by atoms with Crippen molar-refractivity contribution in [3.8, 4) is 0 Å². The number of nitrogens with one attached hydrogen (secondary N) is 1. The van der Waals surface area contributed by atoms with Crippen molar-refractivity contribution in [3.05, 3.63) is 34.1 Å². The Balaban J connectivity index is 2.05. The van der Waals surface area contributed by atoms with Gasteiger partial charge in [-0.3, -0.25) is 4.79 Å². The number of hydrogen-bond acceptors (Lipinski definition) is 2. The van der Waals surface area contributed by atoms with Gasteiger partial charge in [0, 0.05) is 17.1 Å². The summed E-state index contributed by atoms with van der Waals surface area (Å²) in [5.41, 5.74) is 0.350. The fraction of sp³-hybridized carbons (Fsp3) is 0.462. The van der Waals surface area contributed by atoms with Gasteiger partial charge in [-0.2, -0.15) is 0 Å². The van der Waals surface area contributed by atoms with Gasteiger partial charge in [0.15, 0.2) is 0 Å². The first-order chi connectivity index (χ1) is 8.56. The second-order valence-corrected chi connectivity index (χ2v) is 5.55. The average Bonchev–Trinajstić information content (AvgIpc) is 2.32. The molecule has 1 amide bonds. The fourth-order valence-electron chi connectivity index (χ4n) is 2.22. The van der Waals surface area contributed by atoms with Gasteiger partial charge < -0.3 is 10.2 Å². The number of benzene rings is 1. The van der Waals surface area contributed by atoms with Crippen LogP contribution in [0.5, 0.6) is 0 Å². The minimum absolute atomic E-state index is 0.145. The summed E-state index contributed by atoms with van der Waals surface area (Å²) in [6.45, 7) is 1.91. The van der Waals surface area contributed by atoms with Crippen molar-refractivity contribution in [2.24, 2.45) is 0 Å². The van der Waals surface area contributed by atoms with Crippen LogP contribution >= 0.6 is 15.9 Å². The molecule has 3 nitrogen and oxygen atoms in total. The molecule has 1 aliphatic rings. The zero-order chi connectivity index (χ0) is 13.1. The lowest BCUT2D eigenvalue weighted by atomic mass is 10.1. The highest BCUT2D eigenvalue weighted by Crippen LogP contribution is 2.18. The van der Waals surface area contributed by atoms with Gasteiger partial charge in [-0.05, 0) is 60.6 Å². The molecule has 1 aromatic rings. The van der Waals surface area contributed by atoms with Crippen LogP contribution in [0.4, 0.5) is 4.39 Å². The fourth-order valence-corrected chi connectivity index (χ4v) is 2.65. The summed E-state index contributed by atoms with van der Waals surface area (Å²) >= 11 is 3.27. The Morgan fingerprint density at radius 1 is 1.56 bits per heavy atom. The van der Waals surface area contributed by atoms with E-state index in [0.29, 0.717) is 10.0 Å². The molecule has 1 unspecified atom stereocenters. The van der Waals surface area contributed by atoms with E-state index < -0.39 is 5.82 Å². The molecule has 5 heteroatoms. The van der Waals surface area contributed by atoms with E-state index in [0.717, 1.165) is 25.9 Å². The highest BCUT2D eigenvalue weighted by atomic mass is 79.9. The first-order valence-corrected chi connectivity index (χ1v) is 6.80. The molecule has 0 saturated carbocycles. The third kappa shape index (κ3) is 3.29. The SMILES string of the molecule is CN1CCCC(NC(=O)c2cc(F)ccc2Br)C1. The van der Waals surface area contributed by atoms with Crippen LogP contribution in [0, 0.1) is 5.82 Å². The van der Waals surface area contributed by atoms with Gasteiger partial charge in [0.1, 0.15) is 5.82 Å². The maximum Gasteiger partial charge on any atom is 0.252 e. The molecule has 1 saturated heterocycles. The topological polar surface area (TPSA) is 32.3 Å². The van der Waals surface area contributed by atoms with Crippen molar-refractivity contribution in [1.29, 1.82) is 0 Å². The monoisotopic (exact) mass is 314 g/mol. The minimum Gasteiger partial charge on any atom is -0.348 e. The number of piperidine rings is 1. The highest BCUT2D eigenvalue weighted by molar-refractivity contribution is 9.10. The molecule has 1 aliphatic heterocycles. The van der Waals surface area contributed by atoms with Crippen LogP contribution < -0.4 is 5.32 Å². The molecule has 0 bridgehead atoms. The van der Waals surface area contributed by atoms with E-state index >= 15 is 0 Å². The summed E-state index contributed by atoms with van der Waals surface area (Å²) in [4.78, 5) is 14.3. The molecule has 0 aliphatic carbocycles. The maximum atomic E-state index is 13.1. The molecule has 1 fully saturated rings. The summed E-state index contributed by atoms with van der Waals surface area (Å²) < 4.78 is 13.8. The molecule has 0 spiro atoms. The summed E-state index contributed by atoms with van der Waals surface area (Å²) in [5, 5.41) is 2.96. The first-order valence-electron chi connectivity index (χ1n) is 6.00. The van der Waals surface area contributed by atoms with Gasteiger partial charge >= 0.3 is 0 Å². The predicted octanol–water partition coefficient (Wildman–Crippen LogP) is 2.41. The normalized spacial score (nSPS) is 20.7. The van der Waals surface area contributed by atoms with Gasteiger partial charge in [-0.25, -0.2) is 4.39 Å². The summed E-state index contributed by atoms with van der Waals surface area (Å²) in [6.07, 6.45) is 2.05. The lowest BCUT2D eigenvalue weighted by Gasteiger charge is -2.30. The van der Waals surface area contributed by atoms with Crippen LogP contribution in [0.3, 0.4) is 0 Å². The largest absolute Gasteiger partial charge is 0.348 e. The minimum atomic E-state index is -0.399. The number of likely N-dealkylation sites (tertiary alicyclic amines) is 1. The Kier molecular flexibility index (Phi) is 4.35. The van der Waals surface area contributed by atoms with Crippen LogP contribution in [-0.4, -0.2) is 37.0 Å². The number of rotatable bonds is 2. The van der Waals surface area contributed by atoms with E-state index in [1.807, 2.05) is 7.05 Å². The van der Waals surface area contributed by atoms with Crippen molar-refractivity contribution >= 4 is 21.8 Å². The van der Waals surface area contributed by atoms with Gasteiger partial charge in [0.05, 0.1) is 5.56 Å². The molecule has 0 radical (unpaired) electrons. The number of likely N-dealkylation sites (N-methyl/N-ethyl adjacent to an activating group) is 1. The number of carbonyl (C=O) groups excluding carboxylic acids is 1. The third-order valence-corrected chi connectivity index (χ3v) is 3.82. The van der Waals surface area contributed by atoms with Gasteiger partial charge in [-0.1, -0.05) is 0 Å². The standard InChI is InChI=1S/C13H16BrFN2O/c1-17-6-2-3-10(8-17)16-13(18)11-7-9(15)4-5-12(11)14/h4-5,7,10H,2-3,6,8H2,1H3,(H,16,18). The Labute approximate surface area is 114 Å². The molecule has 1 aromatic carbocycles. The zero-order valence-electron chi connectivity index (χ0n) is 10.2. The molecule has 1 atom stereocenters. The highest BCUT2D eigenvalue weighted by Gasteiger charge is 2.20. The summed E-state index contributed by atoms with van der Waals surface area (Å²) in [6, 6.07) is 4.28. The number of halogens is 2. The van der Waals surface area contributed by atoms with E-state index in [2.05, 4.69) is 26.1 Å². The molecule has 1 heterocycles. The van der Waals surface area contributed by atoms with Crippen molar-refractivity contribution in [2.75, 3.05) is 20.1 Å². The van der Waals surface area contributed by atoms with Crippen molar-refractivity contribution in [3.63, 3.8) is 0 Å². The van der Waals surface area contributed by atoms with Crippen molar-refractivity contribution in [1.82, 2.24) is 10.2 Å². The van der Waals surface area contributed by atoms with E-state index in [-0.39, 0.29) is 11.9 Å². The maximum absolute atomic E-state index is 13.1. The Hall–Kier alpha value is -0.940. The molecule has 98 valence electrons. The van der Waals surface area contributed by atoms with E-state index in [1.54, 1.807) is 6.07 Å². The number of amides is 1. The van der Waals surface area contributed by atoms with Crippen molar-refractivity contribution < 1.29 is 9.18 Å². The summed E-state index contributed by atoms with van der Waals surface area (Å²) in [7, 11) is 2.04. The molecular formula is C13H16BrFN2O. The number of carbonyl (C=O) groups is 1. The van der Waals surface area contributed by atoms with Crippen LogP contribution in [0.25, 0.3) is 0 Å². The number of hydrogen-bond donors (Lipinski definition) is 1. The van der Waals surface area contributed by atoms with E-state index in [1.165, 1.54) is 12.1 Å². The van der Waals surface area contributed by atoms with Crippen LogP contribution in [0.2, 0.25) is 0 Å². The van der Waals surface area contributed by atoms with Gasteiger partial charge in [0.2, 0.25) is 0 Å². The molecular weight excluding hydrogens is 299 g/mol. The first kappa shape index (κ1) is 13.5. The van der Waals surface area contributed by atoms with Crippen LogP contribution in [0.15, 0.2) is 22.7 Å². The predicted molar refractivity (Wildman–Crippen MR) is 72.1 cm³/mol.